The van der Waals surface area contributed by atoms with Crippen molar-refractivity contribution in [2.75, 3.05) is 0 Å². The van der Waals surface area contributed by atoms with Gasteiger partial charge < -0.3 is 10.5 Å². The van der Waals surface area contributed by atoms with Crippen LogP contribution >= 0.6 is 23.8 Å². The number of hydrogen-bond donors (Lipinski definition) is 1. The van der Waals surface area contributed by atoms with Crippen molar-refractivity contribution in [1.29, 1.82) is 0 Å². The van der Waals surface area contributed by atoms with Crippen molar-refractivity contribution in [2.45, 2.75) is 26.4 Å². The number of ether oxygens (including phenoxy) is 1. The summed E-state index contributed by atoms with van der Waals surface area (Å²) in [6.07, 6.45) is -4.26. The summed E-state index contributed by atoms with van der Waals surface area (Å²) in [5, 5.41) is 3.44. The number of aromatic nitrogens is 2. The van der Waals surface area contributed by atoms with Gasteiger partial charge in [0.1, 0.15) is 0 Å². The Morgan fingerprint density at radius 2 is 2.04 bits per heavy atom. The number of nitrogens with zero attached hydrogens (tertiary/aromatic N) is 2. The van der Waals surface area contributed by atoms with Crippen molar-refractivity contribution in [3.63, 3.8) is 0 Å². The summed E-state index contributed by atoms with van der Waals surface area (Å²) >= 11 is 10.6. The molecule has 0 aliphatic carbocycles. The zero-order valence-electron chi connectivity index (χ0n) is 12.5. The highest BCUT2D eigenvalue weighted by Crippen LogP contribution is 2.39. The first kappa shape index (κ1) is 18.5. The first-order chi connectivity index (χ1) is 11.1. The molecule has 130 valence electrons. The van der Waals surface area contributed by atoms with Gasteiger partial charge in [0.15, 0.2) is 16.7 Å². The minimum atomic E-state index is -4.72. The van der Waals surface area contributed by atoms with Gasteiger partial charge in [0, 0.05) is 5.56 Å². The van der Waals surface area contributed by atoms with Gasteiger partial charge in [-0.05, 0) is 37.7 Å². The first-order valence-corrected chi connectivity index (χ1v) is 7.47. The van der Waals surface area contributed by atoms with Crippen LogP contribution in [0.2, 0.25) is 5.02 Å². The molecule has 0 radical (unpaired) electrons. The highest BCUT2D eigenvalue weighted by atomic mass is 35.5. The van der Waals surface area contributed by atoms with E-state index in [2.05, 4.69) is 5.10 Å². The molecule has 0 unspecified atom stereocenters. The summed E-state index contributed by atoms with van der Waals surface area (Å²) in [7, 11) is 0. The van der Waals surface area contributed by atoms with Gasteiger partial charge in [-0.25, -0.2) is 9.07 Å². The SMILES string of the molecule is CCc1c(Oc2c(F)cc(C(F)(F)F)cc2Cl)nn(C(N)=S)c1C. The molecule has 1 aromatic heterocycles. The first-order valence-electron chi connectivity index (χ1n) is 6.68. The van der Waals surface area contributed by atoms with Gasteiger partial charge in [-0.15, -0.1) is 5.10 Å². The molecule has 2 N–H and O–H groups in total. The largest absolute Gasteiger partial charge is 0.433 e. The molecular formula is C14H12ClF4N3OS. The van der Waals surface area contributed by atoms with Crippen molar-refractivity contribution >= 4 is 28.9 Å². The highest BCUT2D eigenvalue weighted by Gasteiger charge is 2.33. The lowest BCUT2D eigenvalue weighted by Crippen LogP contribution is -2.21. The van der Waals surface area contributed by atoms with Crippen LogP contribution in [0.5, 0.6) is 11.6 Å². The van der Waals surface area contributed by atoms with Gasteiger partial charge in [-0.2, -0.15) is 13.2 Å². The van der Waals surface area contributed by atoms with Gasteiger partial charge in [0.25, 0.3) is 0 Å². The van der Waals surface area contributed by atoms with E-state index in [4.69, 9.17) is 34.3 Å². The van der Waals surface area contributed by atoms with Crippen molar-refractivity contribution in [2.24, 2.45) is 5.73 Å². The number of nitrogens with two attached hydrogens (primary N) is 1. The quantitative estimate of drug-likeness (QED) is 0.630. The zero-order chi connectivity index (χ0) is 18.2. The molecule has 0 spiro atoms. The standard InChI is InChI=1S/C14H12ClF4N3OS/c1-3-8-6(2)22(13(20)24)21-12(8)23-11-9(15)4-7(5-10(11)16)14(17,18)19/h4-5H,3H2,1-2H3,(H2,20,24). The third-order valence-corrected chi connectivity index (χ3v) is 3.74. The molecule has 1 aromatic carbocycles. The Morgan fingerprint density at radius 1 is 1.42 bits per heavy atom. The van der Waals surface area contributed by atoms with Crippen molar-refractivity contribution in [3.05, 3.63) is 39.8 Å². The summed E-state index contributed by atoms with van der Waals surface area (Å²) in [4.78, 5) is 0. The highest BCUT2D eigenvalue weighted by molar-refractivity contribution is 7.80. The molecule has 0 saturated carbocycles. The molecular weight excluding hydrogens is 370 g/mol. The normalized spacial score (nSPS) is 11.6. The van der Waals surface area contributed by atoms with Crippen LogP contribution in [0.4, 0.5) is 17.6 Å². The van der Waals surface area contributed by atoms with E-state index < -0.39 is 28.3 Å². The Kier molecular flexibility index (Phi) is 5.05. The second-order valence-electron chi connectivity index (χ2n) is 4.84. The van der Waals surface area contributed by atoms with Crippen molar-refractivity contribution in [3.8, 4) is 11.6 Å². The Balaban J connectivity index is 2.49. The molecule has 2 rings (SSSR count). The topological polar surface area (TPSA) is 53.1 Å². The lowest BCUT2D eigenvalue weighted by atomic mass is 10.2. The number of halogens is 5. The molecule has 0 atom stereocenters. The molecule has 0 amide bonds. The van der Waals surface area contributed by atoms with Gasteiger partial charge in [0.2, 0.25) is 5.88 Å². The molecule has 0 saturated heterocycles. The van der Waals surface area contributed by atoms with Crippen LogP contribution in [0.1, 0.15) is 23.7 Å². The van der Waals surface area contributed by atoms with Crippen LogP contribution in [0.25, 0.3) is 0 Å². The minimum absolute atomic E-state index is 0.0247. The Bertz CT molecular complexity index is 781. The Hall–Kier alpha value is -1.87. The summed E-state index contributed by atoms with van der Waals surface area (Å²) in [6.45, 7) is 3.48. The fourth-order valence-corrected chi connectivity index (χ4v) is 2.55. The maximum Gasteiger partial charge on any atom is 0.416 e. The Labute approximate surface area is 145 Å². The van der Waals surface area contributed by atoms with Gasteiger partial charge in [0.05, 0.1) is 16.3 Å². The lowest BCUT2D eigenvalue weighted by Gasteiger charge is -2.11. The van der Waals surface area contributed by atoms with E-state index in [1.165, 1.54) is 4.68 Å². The number of thiocarbonyl (C=S) groups is 1. The van der Waals surface area contributed by atoms with Crippen LogP contribution in [0.15, 0.2) is 12.1 Å². The molecule has 0 aliphatic rings. The molecule has 1 heterocycles. The third kappa shape index (κ3) is 3.46. The van der Waals surface area contributed by atoms with Crippen LogP contribution in [-0.4, -0.2) is 14.9 Å². The summed E-state index contributed by atoms with van der Waals surface area (Å²) in [6, 6.07) is 0.896. The van der Waals surface area contributed by atoms with Gasteiger partial charge in [-0.3, -0.25) is 0 Å². The van der Waals surface area contributed by atoms with Crippen molar-refractivity contribution in [1.82, 2.24) is 9.78 Å². The molecule has 2 aromatic rings. The summed E-state index contributed by atoms with van der Waals surface area (Å²) in [5.41, 5.74) is 5.48. The lowest BCUT2D eigenvalue weighted by molar-refractivity contribution is -0.137. The number of benzene rings is 1. The zero-order valence-corrected chi connectivity index (χ0v) is 14.1. The minimum Gasteiger partial charge on any atom is -0.433 e. The average molecular weight is 382 g/mol. The monoisotopic (exact) mass is 381 g/mol. The molecule has 24 heavy (non-hydrogen) atoms. The maximum absolute atomic E-state index is 14.0. The molecule has 4 nitrogen and oxygen atoms in total. The van der Waals surface area contributed by atoms with E-state index in [9.17, 15) is 17.6 Å². The smallest absolute Gasteiger partial charge is 0.416 e. The number of alkyl halides is 3. The average Bonchev–Trinajstić information content (AvgIpc) is 2.77. The Morgan fingerprint density at radius 3 is 2.50 bits per heavy atom. The number of rotatable bonds is 3. The molecule has 0 aliphatic heterocycles. The second-order valence-corrected chi connectivity index (χ2v) is 5.67. The predicted octanol–water partition coefficient (Wildman–Crippen LogP) is 4.45. The van der Waals surface area contributed by atoms with E-state index in [0.717, 1.165) is 0 Å². The van der Waals surface area contributed by atoms with E-state index in [-0.39, 0.29) is 11.0 Å². The van der Waals surface area contributed by atoms with Crippen LogP contribution < -0.4 is 10.5 Å². The number of hydrogen-bond acceptors (Lipinski definition) is 3. The fourth-order valence-electron chi connectivity index (χ4n) is 2.13. The van der Waals surface area contributed by atoms with E-state index in [0.29, 0.717) is 29.8 Å². The van der Waals surface area contributed by atoms with E-state index in [1.54, 1.807) is 13.8 Å². The van der Waals surface area contributed by atoms with Gasteiger partial charge in [-0.1, -0.05) is 18.5 Å². The summed E-state index contributed by atoms with van der Waals surface area (Å²) < 4.78 is 58.6. The molecule has 0 fully saturated rings. The van der Waals surface area contributed by atoms with Crippen LogP contribution in [-0.2, 0) is 12.6 Å². The third-order valence-electron chi connectivity index (χ3n) is 3.29. The van der Waals surface area contributed by atoms with E-state index in [1.807, 2.05) is 0 Å². The predicted molar refractivity (Wildman–Crippen MR) is 85.0 cm³/mol. The second kappa shape index (κ2) is 6.56. The molecule has 0 bridgehead atoms. The summed E-state index contributed by atoms with van der Waals surface area (Å²) in [5.74, 6) is -1.82. The maximum atomic E-state index is 14.0. The fraction of sp³-hybridized carbons (Fsp3) is 0.286. The van der Waals surface area contributed by atoms with Gasteiger partial charge >= 0.3 is 6.18 Å². The van der Waals surface area contributed by atoms with E-state index >= 15 is 0 Å². The van der Waals surface area contributed by atoms with Crippen LogP contribution in [0.3, 0.4) is 0 Å². The molecule has 10 heteroatoms. The van der Waals surface area contributed by atoms with Crippen molar-refractivity contribution < 1.29 is 22.3 Å². The van der Waals surface area contributed by atoms with Crippen LogP contribution in [0, 0.1) is 12.7 Å².